The predicted molar refractivity (Wildman–Crippen MR) is 94.8 cm³/mol. The lowest BCUT2D eigenvalue weighted by atomic mass is 9.88. The van der Waals surface area contributed by atoms with Crippen molar-refractivity contribution in [2.45, 2.75) is 52.4 Å². The largest absolute Gasteiger partial charge is 0.326 e. The molecule has 1 aliphatic carbocycles. The molecule has 5 nitrogen and oxygen atoms in total. The third-order valence-electron chi connectivity index (χ3n) is 5.01. The number of benzene rings is 1. The van der Waals surface area contributed by atoms with E-state index in [1.165, 1.54) is 6.42 Å². The van der Waals surface area contributed by atoms with Crippen molar-refractivity contribution in [2.75, 3.05) is 5.32 Å². The summed E-state index contributed by atoms with van der Waals surface area (Å²) in [6, 6.07) is 5.90. The number of nitrogens with zero attached hydrogens (tertiary/aromatic N) is 1. The summed E-state index contributed by atoms with van der Waals surface area (Å²) >= 11 is 0. The Hall–Kier alpha value is -2.17. The van der Waals surface area contributed by atoms with Crippen LogP contribution in [-0.4, -0.2) is 17.5 Å². The second-order valence-electron chi connectivity index (χ2n) is 6.99. The summed E-state index contributed by atoms with van der Waals surface area (Å²) in [5.41, 5.74) is 6.37. The highest BCUT2D eigenvalue weighted by atomic mass is 16.2. The highest BCUT2D eigenvalue weighted by Gasteiger charge is 2.24. The SMILES string of the molecule is Cc1cc(NC(=O)C2CCCCC2)ccc1C1=NNC(=O)CC1C. The van der Waals surface area contributed by atoms with Crippen LogP contribution in [0.4, 0.5) is 5.69 Å². The van der Waals surface area contributed by atoms with Crippen LogP contribution in [0.5, 0.6) is 0 Å². The van der Waals surface area contributed by atoms with Crippen LogP contribution in [0.2, 0.25) is 0 Å². The highest BCUT2D eigenvalue weighted by Crippen LogP contribution is 2.26. The first kappa shape index (κ1) is 16.7. The molecule has 0 saturated heterocycles. The second kappa shape index (κ2) is 7.16. The first-order valence-corrected chi connectivity index (χ1v) is 8.83. The quantitative estimate of drug-likeness (QED) is 0.893. The van der Waals surface area contributed by atoms with Crippen LogP contribution in [0, 0.1) is 18.8 Å². The third kappa shape index (κ3) is 3.66. The van der Waals surface area contributed by atoms with Crippen molar-refractivity contribution in [3.05, 3.63) is 29.3 Å². The molecule has 24 heavy (non-hydrogen) atoms. The van der Waals surface area contributed by atoms with Gasteiger partial charge in [0.15, 0.2) is 0 Å². The lowest BCUT2D eigenvalue weighted by Gasteiger charge is -2.22. The molecule has 5 heteroatoms. The topological polar surface area (TPSA) is 70.6 Å². The molecule has 1 aliphatic heterocycles. The molecule has 128 valence electrons. The van der Waals surface area contributed by atoms with Crippen LogP contribution in [-0.2, 0) is 9.59 Å². The molecule has 0 bridgehead atoms. The van der Waals surface area contributed by atoms with E-state index in [-0.39, 0.29) is 23.7 Å². The van der Waals surface area contributed by atoms with E-state index in [0.29, 0.717) is 6.42 Å². The zero-order chi connectivity index (χ0) is 17.1. The zero-order valence-electron chi connectivity index (χ0n) is 14.4. The molecule has 1 fully saturated rings. The maximum Gasteiger partial charge on any atom is 0.240 e. The van der Waals surface area contributed by atoms with Gasteiger partial charge in [0.2, 0.25) is 11.8 Å². The van der Waals surface area contributed by atoms with Gasteiger partial charge >= 0.3 is 0 Å². The first-order valence-electron chi connectivity index (χ1n) is 8.83. The van der Waals surface area contributed by atoms with Gasteiger partial charge in [0.05, 0.1) is 5.71 Å². The summed E-state index contributed by atoms with van der Waals surface area (Å²) < 4.78 is 0. The van der Waals surface area contributed by atoms with E-state index in [0.717, 1.165) is 48.2 Å². The molecule has 0 aromatic heterocycles. The van der Waals surface area contributed by atoms with E-state index >= 15 is 0 Å². The molecular weight excluding hydrogens is 302 g/mol. The molecule has 3 rings (SSSR count). The van der Waals surface area contributed by atoms with Crippen molar-refractivity contribution < 1.29 is 9.59 Å². The summed E-state index contributed by atoms with van der Waals surface area (Å²) in [5.74, 6) is 0.342. The Kier molecular flexibility index (Phi) is 4.97. The monoisotopic (exact) mass is 327 g/mol. The summed E-state index contributed by atoms with van der Waals surface area (Å²) in [4.78, 5) is 23.8. The number of hydrazone groups is 1. The van der Waals surface area contributed by atoms with Gasteiger partial charge in [-0.05, 0) is 37.5 Å². The van der Waals surface area contributed by atoms with Crippen molar-refractivity contribution in [1.82, 2.24) is 5.43 Å². The van der Waals surface area contributed by atoms with E-state index in [2.05, 4.69) is 15.8 Å². The fourth-order valence-electron chi connectivity index (χ4n) is 3.62. The molecule has 1 heterocycles. The van der Waals surface area contributed by atoms with Crippen molar-refractivity contribution in [2.24, 2.45) is 16.9 Å². The Morgan fingerprint density at radius 3 is 2.67 bits per heavy atom. The number of amides is 2. The Morgan fingerprint density at radius 2 is 2.00 bits per heavy atom. The zero-order valence-corrected chi connectivity index (χ0v) is 14.4. The van der Waals surface area contributed by atoms with Crippen LogP contribution in [0.3, 0.4) is 0 Å². The average Bonchev–Trinajstić information content (AvgIpc) is 2.57. The van der Waals surface area contributed by atoms with Crippen molar-refractivity contribution >= 4 is 23.2 Å². The van der Waals surface area contributed by atoms with E-state index in [1.54, 1.807) is 0 Å². The van der Waals surface area contributed by atoms with E-state index in [1.807, 2.05) is 32.0 Å². The minimum atomic E-state index is -0.0414. The smallest absolute Gasteiger partial charge is 0.240 e. The Morgan fingerprint density at radius 1 is 1.25 bits per heavy atom. The summed E-state index contributed by atoms with van der Waals surface area (Å²) in [5, 5.41) is 7.27. The minimum Gasteiger partial charge on any atom is -0.326 e. The van der Waals surface area contributed by atoms with Gasteiger partial charge in [0, 0.05) is 29.5 Å². The van der Waals surface area contributed by atoms with Crippen LogP contribution in [0.1, 0.15) is 56.6 Å². The number of anilines is 1. The Labute approximate surface area is 142 Å². The highest BCUT2D eigenvalue weighted by molar-refractivity contribution is 6.07. The van der Waals surface area contributed by atoms with Crippen molar-refractivity contribution in [3.63, 3.8) is 0 Å². The first-order chi connectivity index (χ1) is 11.5. The molecule has 1 atom stereocenters. The number of aryl methyl sites for hydroxylation is 1. The standard InChI is InChI=1S/C19H25N3O2/c1-12-10-15(20-19(24)14-6-4-3-5-7-14)8-9-16(12)18-13(2)11-17(23)21-22-18/h8-10,13-14H,3-7,11H2,1-2H3,(H,20,24)(H,21,23). The normalized spacial score (nSPS) is 21.8. The lowest BCUT2D eigenvalue weighted by molar-refractivity contribution is -0.122. The van der Waals surface area contributed by atoms with Gasteiger partial charge < -0.3 is 5.32 Å². The summed E-state index contributed by atoms with van der Waals surface area (Å²) in [7, 11) is 0. The minimum absolute atomic E-state index is 0.0414. The van der Waals surface area contributed by atoms with Gasteiger partial charge in [-0.2, -0.15) is 5.10 Å². The molecule has 0 spiro atoms. The van der Waals surface area contributed by atoms with Crippen LogP contribution in [0.15, 0.2) is 23.3 Å². The second-order valence-corrected chi connectivity index (χ2v) is 6.99. The van der Waals surface area contributed by atoms with Crippen LogP contribution >= 0.6 is 0 Å². The molecule has 2 aliphatic rings. The van der Waals surface area contributed by atoms with E-state index in [4.69, 9.17) is 0 Å². The fourth-order valence-corrected chi connectivity index (χ4v) is 3.62. The molecular formula is C19H25N3O2. The van der Waals surface area contributed by atoms with Crippen molar-refractivity contribution in [3.8, 4) is 0 Å². The van der Waals surface area contributed by atoms with Gasteiger partial charge in [-0.15, -0.1) is 0 Å². The molecule has 1 aromatic carbocycles. The van der Waals surface area contributed by atoms with E-state index in [9.17, 15) is 9.59 Å². The molecule has 2 N–H and O–H groups in total. The van der Waals surface area contributed by atoms with E-state index < -0.39 is 0 Å². The Bertz CT molecular complexity index is 675. The number of nitrogens with one attached hydrogen (secondary N) is 2. The summed E-state index contributed by atoms with van der Waals surface area (Å²) in [6.45, 7) is 4.02. The molecule has 1 aromatic rings. The maximum atomic E-state index is 12.4. The predicted octanol–water partition coefficient (Wildman–Crippen LogP) is 3.37. The average molecular weight is 327 g/mol. The van der Waals surface area contributed by atoms with Gasteiger partial charge in [-0.3, -0.25) is 9.59 Å². The maximum absolute atomic E-state index is 12.4. The number of carbonyl (C=O) groups is 2. The molecule has 2 amide bonds. The van der Waals surface area contributed by atoms with Gasteiger partial charge in [0.1, 0.15) is 0 Å². The van der Waals surface area contributed by atoms with Gasteiger partial charge in [0.25, 0.3) is 0 Å². The van der Waals surface area contributed by atoms with Crippen LogP contribution < -0.4 is 10.7 Å². The number of rotatable bonds is 3. The summed E-state index contributed by atoms with van der Waals surface area (Å²) in [6.07, 6.45) is 6.00. The number of carbonyl (C=O) groups excluding carboxylic acids is 2. The molecule has 1 saturated carbocycles. The van der Waals surface area contributed by atoms with Crippen molar-refractivity contribution in [1.29, 1.82) is 0 Å². The lowest BCUT2D eigenvalue weighted by Crippen LogP contribution is -2.32. The number of hydrogen-bond acceptors (Lipinski definition) is 3. The number of hydrogen-bond donors (Lipinski definition) is 2. The molecule has 1 unspecified atom stereocenters. The Balaban J connectivity index is 1.73. The third-order valence-corrected chi connectivity index (χ3v) is 5.01. The fraction of sp³-hybridized carbons (Fsp3) is 0.526. The molecule has 0 radical (unpaired) electrons. The van der Waals surface area contributed by atoms with Gasteiger partial charge in [-0.25, -0.2) is 5.43 Å². The van der Waals surface area contributed by atoms with Crippen LogP contribution in [0.25, 0.3) is 0 Å². The van der Waals surface area contributed by atoms with Gasteiger partial charge in [-0.1, -0.05) is 32.3 Å².